The Kier molecular flexibility index (Phi) is 7.11. The zero-order valence-electron chi connectivity index (χ0n) is 19.4. The van der Waals surface area contributed by atoms with Crippen molar-refractivity contribution in [2.75, 3.05) is 20.3 Å². The number of fused-ring (bicyclic) bond motifs is 3. The Labute approximate surface area is 201 Å². The number of aliphatic carboxylic acids is 1. The van der Waals surface area contributed by atoms with Crippen LogP contribution < -0.4 is 10.6 Å². The van der Waals surface area contributed by atoms with Crippen LogP contribution >= 0.6 is 0 Å². The fourth-order valence-corrected chi connectivity index (χ4v) is 4.29. The van der Waals surface area contributed by atoms with Gasteiger partial charge in [0.05, 0.1) is 19.3 Å². The zero-order chi connectivity index (χ0) is 24.9. The van der Waals surface area contributed by atoms with Gasteiger partial charge in [0, 0.05) is 25.6 Å². The topological polar surface area (TPSA) is 132 Å². The second-order valence-corrected chi connectivity index (χ2v) is 8.14. The predicted molar refractivity (Wildman–Crippen MR) is 126 cm³/mol. The van der Waals surface area contributed by atoms with Crippen LogP contribution in [0.3, 0.4) is 0 Å². The lowest BCUT2D eigenvalue weighted by Crippen LogP contribution is -2.44. The number of hydrogen-bond acceptors (Lipinski definition) is 6. The standard InChI is InChI=1S/C25H26N4O6/c1-29-22(23(30)28-21(14-34-2)24(31)32)15(12-27-29)11-26-25(33)35-13-20-18-9-5-3-7-16(18)17-8-4-6-10-19(17)20/h3-10,12,20-21H,11,13-14H2,1-2H3,(H,26,33)(H,28,30)(H,31,32). The third-order valence-electron chi connectivity index (χ3n) is 5.93. The number of hydrogen-bond donors (Lipinski definition) is 3. The van der Waals surface area contributed by atoms with Crippen molar-refractivity contribution in [2.45, 2.75) is 18.5 Å². The molecule has 4 rings (SSSR count). The molecule has 2 aromatic carbocycles. The first kappa shape index (κ1) is 24.0. The summed E-state index contributed by atoms with van der Waals surface area (Å²) in [6.07, 6.45) is 0.801. The molecule has 1 aliphatic rings. The summed E-state index contributed by atoms with van der Waals surface area (Å²) in [7, 11) is 2.90. The fourth-order valence-electron chi connectivity index (χ4n) is 4.29. The highest BCUT2D eigenvalue weighted by Gasteiger charge is 2.29. The van der Waals surface area contributed by atoms with Crippen LogP contribution in [0.5, 0.6) is 0 Å². The highest BCUT2D eigenvalue weighted by Crippen LogP contribution is 2.44. The Morgan fingerprint density at radius 1 is 1.09 bits per heavy atom. The van der Waals surface area contributed by atoms with E-state index in [-0.39, 0.29) is 31.4 Å². The summed E-state index contributed by atoms with van der Waals surface area (Å²) >= 11 is 0. The van der Waals surface area contributed by atoms with Gasteiger partial charge in [0.2, 0.25) is 0 Å². The quantitative estimate of drug-likeness (QED) is 0.430. The molecule has 3 N–H and O–H groups in total. The van der Waals surface area contributed by atoms with Gasteiger partial charge in [-0.15, -0.1) is 0 Å². The van der Waals surface area contributed by atoms with Crippen molar-refractivity contribution in [3.63, 3.8) is 0 Å². The molecule has 0 spiro atoms. The summed E-state index contributed by atoms with van der Waals surface area (Å²) in [4.78, 5) is 36.5. The highest BCUT2D eigenvalue weighted by molar-refractivity contribution is 5.96. The zero-order valence-corrected chi connectivity index (χ0v) is 19.4. The van der Waals surface area contributed by atoms with E-state index in [0.29, 0.717) is 5.56 Å². The van der Waals surface area contributed by atoms with Crippen molar-refractivity contribution in [1.29, 1.82) is 0 Å². The summed E-state index contributed by atoms with van der Waals surface area (Å²) in [5, 5.41) is 18.4. The van der Waals surface area contributed by atoms with Crippen molar-refractivity contribution in [1.82, 2.24) is 20.4 Å². The molecule has 10 nitrogen and oxygen atoms in total. The fraction of sp³-hybridized carbons (Fsp3) is 0.280. The number of benzene rings is 2. The first-order valence-corrected chi connectivity index (χ1v) is 11.0. The van der Waals surface area contributed by atoms with E-state index in [1.54, 1.807) is 7.05 Å². The minimum atomic E-state index is -1.22. The van der Waals surface area contributed by atoms with Crippen molar-refractivity contribution >= 4 is 18.0 Å². The second-order valence-electron chi connectivity index (χ2n) is 8.14. The number of nitrogens with zero attached hydrogens (tertiary/aromatic N) is 2. The maximum absolute atomic E-state index is 12.7. The van der Waals surface area contributed by atoms with E-state index in [1.165, 1.54) is 18.0 Å². The van der Waals surface area contributed by atoms with Gasteiger partial charge in [0.15, 0.2) is 6.04 Å². The first-order valence-electron chi connectivity index (χ1n) is 11.0. The van der Waals surface area contributed by atoms with Gasteiger partial charge in [0.25, 0.3) is 5.91 Å². The summed E-state index contributed by atoms with van der Waals surface area (Å²) in [5.41, 5.74) is 5.03. The van der Waals surface area contributed by atoms with Crippen molar-refractivity contribution in [3.05, 3.63) is 77.1 Å². The lowest BCUT2D eigenvalue weighted by atomic mass is 9.98. The normalized spacial score (nSPS) is 13.0. The van der Waals surface area contributed by atoms with Crippen LogP contribution in [0.2, 0.25) is 0 Å². The Hall–Kier alpha value is -4.18. The van der Waals surface area contributed by atoms with E-state index >= 15 is 0 Å². The molecule has 2 amide bonds. The van der Waals surface area contributed by atoms with E-state index in [0.717, 1.165) is 22.3 Å². The molecule has 35 heavy (non-hydrogen) atoms. The van der Waals surface area contributed by atoms with Gasteiger partial charge in [-0.05, 0) is 22.3 Å². The number of rotatable bonds is 9. The average molecular weight is 479 g/mol. The maximum Gasteiger partial charge on any atom is 0.407 e. The minimum Gasteiger partial charge on any atom is -0.480 e. The van der Waals surface area contributed by atoms with Crippen LogP contribution in [0.4, 0.5) is 4.79 Å². The van der Waals surface area contributed by atoms with E-state index in [1.807, 2.05) is 36.4 Å². The molecule has 0 saturated carbocycles. The molecule has 1 unspecified atom stereocenters. The van der Waals surface area contributed by atoms with Crippen molar-refractivity contribution < 1.29 is 29.0 Å². The summed E-state index contributed by atoms with van der Waals surface area (Å²) in [6.45, 7) is -0.0426. The van der Waals surface area contributed by atoms with Gasteiger partial charge < -0.3 is 25.2 Å². The van der Waals surface area contributed by atoms with Crippen LogP contribution in [-0.4, -0.2) is 59.2 Å². The monoisotopic (exact) mass is 478 g/mol. The molecule has 1 aliphatic carbocycles. The number of alkyl carbamates (subject to hydrolysis) is 1. The minimum absolute atomic E-state index is 0.0186. The number of aryl methyl sites for hydroxylation is 1. The second kappa shape index (κ2) is 10.4. The van der Waals surface area contributed by atoms with Gasteiger partial charge >= 0.3 is 12.1 Å². The van der Waals surface area contributed by atoms with Crippen molar-refractivity contribution in [2.24, 2.45) is 7.05 Å². The number of carboxylic acids is 1. The molecule has 3 aromatic rings. The molecule has 0 fully saturated rings. The number of methoxy groups -OCH3 is 1. The molecule has 1 aromatic heterocycles. The summed E-state index contributed by atoms with van der Waals surface area (Å²) in [5.74, 6) is -1.93. The smallest absolute Gasteiger partial charge is 0.407 e. The third kappa shape index (κ3) is 5.02. The molecule has 0 aliphatic heterocycles. The number of amides is 2. The number of carboxylic acid groups (broad SMARTS) is 1. The molecular formula is C25H26N4O6. The molecule has 0 bridgehead atoms. The number of carbonyl (C=O) groups is 3. The summed E-state index contributed by atoms with van der Waals surface area (Å²) in [6, 6.07) is 14.9. The van der Waals surface area contributed by atoms with E-state index in [4.69, 9.17) is 9.47 Å². The molecular weight excluding hydrogens is 452 g/mol. The van der Waals surface area contributed by atoms with Gasteiger partial charge in [-0.3, -0.25) is 9.48 Å². The van der Waals surface area contributed by atoms with Crippen LogP contribution in [0.1, 0.15) is 33.1 Å². The van der Waals surface area contributed by atoms with Gasteiger partial charge in [-0.2, -0.15) is 5.10 Å². The number of nitrogens with one attached hydrogen (secondary N) is 2. The van der Waals surface area contributed by atoms with E-state index in [9.17, 15) is 19.5 Å². The SMILES string of the molecule is COCC(NC(=O)c1c(CNC(=O)OCC2c3ccccc3-c3ccccc32)cnn1C)C(=O)O. The lowest BCUT2D eigenvalue weighted by molar-refractivity contribution is -0.140. The van der Waals surface area contributed by atoms with E-state index in [2.05, 4.69) is 27.9 Å². The Morgan fingerprint density at radius 2 is 1.71 bits per heavy atom. The van der Waals surface area contributed by atoms with Crippen LogP contribution in [0.15, 0.2) is 54.7 Å². The Bertz CT molecular complexity index is 1210. The first-order chi connectivity index (χ1) is 16.9. The molecule has 1 heterocycles. The van der Waals surface area contributed by atoms with E-state index < -0.39 is 24.0 Å². The number of carbonyl (C=O) groups excluding carboxylic acids is 2. The Balaban J connectivity index is 1.38. The van der Waals surface area contributed by atoms with Crippen LogP contribution in [-0.2, 0) is 27.9 Å². The highest BCUT2D eigenvalue weighted by atomic mass is 16.5. The number of ether oxygens (including phenoxy) is 2. The van der Waals surface area contributed by atoms with Crippen LogP contribution in [0.25, 0.3) is 11.1 Å². The molecule has 0 radical (unpaired) electrons. The average Bonchev–Trinajstić information content (AvgIpc) is 3.38. The third-order valence-corrected chi connectivity index (χ3v) is 5.93. The predicted octanol–water partition coefficient (Wildman–Crippen LogP) is 2.29. The van der Waals surface area contributed by atoms with Gasteiger partial charge in [-0.1, -0.05) is 48.5 Å². The largest absolute Gasteiger partial charge is 0.480 e. The Morgan fingerprint density at radius 3 is 2.31 bits per heavy atom. The molecule has 1 atom stereocenters. The molecule has 0 saturated heterocycles. The maximum atomic E-state index is 12.7. The number of aromatic nitrogens is 2. The van der Waals surface area contributed by atoms with Crippen molar-refractivity contribution in [3.8, 4) is 11.1 Å². The molecule has 10 heteroatoms. The lowest BCUT2D eigenvalue weighted by Gasteiger charge is -2.15. The van der Waals surface area contributed by atoms with Gasteiger partial charge in [-0.25, -0.2) is 9.59 Å². The van der Waals surface area contributed by atoms with Gasteiger partial charge in [0.1, 0.15) is 12.3 Å². The summed E-state index contributed by atoms with van der Waals surface area (Å²) < 4.78 is 11.7. The van der Waals surface area contributed by atoms with Crippen LogP contribution in [0, 0.1) is 0 Å². The molecule has 182 valence electrons.